The van der Waals surface area contributed by atoms with Gasteiger partial charge in [0.05, 0.1) is 0 Å². The van der Waals surface area contributed by atoms with Crippen molar-refractivity contribution < 1.29 is 37.8 Å². The molecular formula is C17H24NOY-. The van der Waals surface area contributed by atoms with Crippen molar-refractivity contribution >= 4 is 0 Å². The van der Waals surface area contributed by atoms with Crippen molar-refractivity contribution in [2.75, 3.05) is 0 Å². The van der Waals surface area contributed by atoms with Gasteiger partial charge in [-0.25, -0.2) is 0 Å². The van der Waals surface area contributed by atoms with E-state index in [9.17, 15) is 0 Å². The Morgan fingerprint density at radius 1 is 1.10 bits per heavy atom. The number of nitrogens with zero attached hydrogens (tertiary/aromatic N) is 1. The van der Waals surface area contributed by atoms with E-state index < -0.39 is 0 Å². The maximum atomic E-state index is 8.58. The Morgan fingerprint density at radius 3 is 2.10 bits per heavy atom. The van der Waals surface area contributed by atoms with Gasteiger partial charge in [0.15, 0.2) is 0 Å². The van der Waals surface area contributed by atoms with Crippen molar-refractivity contribution in [2.24, 2.45) is 5.92 Å². The second-order valence-corrected chi connectivity index (χ2v) is 4.17. The Labute approximate surface area is 148 Å². The predicted molar refractivity (Wildman–Crippen MR) is 81.1 cm³/mol. The van der Waals surface area contributed by atoms with Crippen LogP contribution in [0.4, 0.5) is 0 Å². The molecule has 107 valence electrons. The molecule has 2 nitrogen and oxygen atoms in total. The molecule has 3 heteroatoms. The molecule has 0 saturated heterocycles. The molecule has 0 fully saturated rings. The van der Waals surface area contributed by atoms with Crippen molar-refractivity contribution in [3.8, 4) is 5.75 Å². The van der Waals surface area contributed by atoms with E-state index in [1.165, 1.54) is 5.69 Å². The Balaban J connectivity index is 0. The van der Waals surface area contributed by atoms with E-state index in [0.29, 0.717) is 5.92 Å². The van der Waals surface area contributed by atoms with Crippen molar-refractivity contribution in [3.05, 3.63) is 60.4 Å². The van der Waals surface area contributed by atoms with Crippen LogP contribution in [0.15, 0.2) is 48.7 Å². The van der Waals surface area contributed by atoms with E-state index in [4.69, 9.17) is 5.11 Å². The number of hydrogen-bond donors (Lipinski definition) is 1. The number of benzene rings is 1. The van der Waals surface area contributed by atoms with Crippen LogP contribution in [-0.4, -0.2) is 10.1 Å². The summed E-state index contributed by atoms with van der Waals surface area (Å²) in [5.41, 5.74) is 1.19. The summed E-state index contributed by atoms with van der Waals surface area (Å²) in [6.07, 6.45) is 2.93. The minimum atomic E-state index is 0. The van der Waals surface area contributed by atoms with Gasteiger partial charge in [0.25, 0.3) is 0 Å². The average molecular weight is 347 g/mol. The molecule has 1 heterocycles. The second-order valence-electron chi connectivity index (χ2n) is 4.17. The molecule has 2 rings (SSSR count). The summed E-state index contributed by atoms with van der Waals surface area (Å²) in [6.45, 7) is 8.41. The first-order chi connectivity index (χ1) is 9.18. The SMILES string of the molecule is CC.CC(C)Cc1ccccn1.Oc1[c-]cccc1.[Y]. The maximum absolute atomic E-state index is 8.58. The third-order valence-corrected chi connectivity index (χ3v) is 2.04. The summed E-state index contributed by atoms with van der Waals surface area (Å²) >= 11 is 0. The van der Waals surface area contributed by atoms with Crippen LogP contribution in [0.3, 0.4) is 0 Å². The molecule has 0 aliphatic carbocycles. The summed E-state index contributed by atoms with van der Waals surface area (Å²) in [6, 6.07) is 15.4. The third-order valence-electron chi connectivity index (χ3n) is 2.04. The molecule has 2 aromatic rings. The normalized spacial score (nSPS) is 8.45. The largest absolute Gasteiger partial charge is 0.534 e. The average Bonchev–Trinajstić information content (AvgIpc) is 2.43. The first-order valence-electron chi connectivity index (χ1n) is 6.74. The van der Waals surface area contributed by atoms with Crippen LogP contribution in [0.5, 0.6) is 5.75 Å². The molecule has 20 heavy (non-hydrogen) atoms. The summed E-state index contributed by atoms with van der Waals surface area (Å²) in [5, 5.41) is 8.58. The topological polar surface area (TPSA) is 33.1 Å². The molecule has 0 atom stereocenters. The third kappa shape index (κ3) is 12.3. The number of para-hydroxylation sites is 1. The predicted octanol–water partition coefficient (Wildman–Crippen LogP) is 4.50. The van der Waals surface area contributed by atoms with E-state index >= 15 is 0 Å². The summed E-state index contributed by atoms with van der Waals surface area (Å²) in [5.74, 6) is 0.900. The van der Waals surface area contributed by atoms with E-state index in [1.54, 1.807) is 24.3 Å². The van der Waals surface area contributed by atoms with Gasteiger partial charge in [0.1, 0.15) is 0 Å². The fourth-order valence-electron chi connectivity index (χ4n) is 1.32. The molecule has 0 aliphatic heterocycles. The molecule has 1 aromatic carbocycles. The number of pyridine rings is 1. The number of aromatic hydroxyl groups is 1. The molecule has 1 N–H and O–H groups in total. The van der Waals surface area contributed by atoms with Crippen LogP contribution >= 0.6 is 0 Å². The molecule has 1 aromatic heterocycles. The smallest absolute Gasteiger partial charge is 0.0406 e. The van der Waals surface area contributed by atoms with E-state index in [-0.39, 0.29) is 38.5 Å². The standard InChI is InChI=1S/C9H13N.C6H5O.C2H6.Y/c1-8(2)7-9-5-3-4-6-10-9;7-6-4-2-1-3-5-6;1-2;/h3-6,8H,7H2,1-2H3;1-4,7H;1-2H3;/q;-1;;. The molecular weight excluding hydrogens is 323 g/mol. The van der Waals surface area contributed by atoms with Gasteiger partial charge in [-0.1, -0.05) is 33.8 Å². The van der Waals surface area contributed by atoms with Crippen LogP contribution in [0, 0.1) is 12.0 Å². The molecule has 0 amide bonds. The Kier molecular flexibility index (Phi) is 15.8. The van der Waals surface area contributed by atoms with Gasteiger partial charge in [0.2, 0.25) is 0 Å². The summed E-state index contributed by atoms with van der Waals surface area (Å²) in [4.78, 5) is 4.22. The number of hydrogen-bond acceptors (Lipinski definition) is 2. The zero-order valence-electron chi connectivity index (χ0n) is 12.9. The Morgan fingerprint density at radius 2 is 1.75 bits per heavy atom. The van der Waals surface area contributed by atoms with Crippen molar-refractivity contribution in [1.29, 1.82) is 0 Å². The van der Waals surface area contributed by atoms with Crippen LogP contribution < -0.4 is 0 Å². The van der Waals surface area contributed by atoms with Crippen molar-refractivity contribution in [3.63, 3.8) is 0 Å². The van der Waals surface area contributed by atoms with Gasteiger partial charge in [-0.3, -0.25) is 4.98 Å². The van der Waals surface area contributed by atoms with Gasteiger partial charge in [-0.2, -0.15) is 18.2 Å². The van der Waals surface area contributed by atoms with E-state index in [1.807, 2.05) is 32.2 Å². The zero-order valence-corrected chi connectivity index (χ0v) is 15.7. The van der Waals surface area contributed by atoms with Crippen LogP contribution in [-0.2, 0) is 39.1 Å². The summed E-state index contributed by atoms with van der Waals surface area (Å²) < 4.78 is 0. The quantitative estimate of drug-likeness (QED) is 0.812. The fourth-order valence-corrected chi connectivity index (χ4v) is 1.32. The first kappa shape index (κ1) is 21.6. The molecule has 0 unspecified atom stereocenters. The van der Waals surface area contributed by atoms with Crippen molar-refractivity contribution in [2.45, 2.75) is 34.1 Å². The maximum Gasteiger partial charge on any atom is 0.0406 e. The number of aromatic nitrogens is 1. The second kappa shape index (κ2) is 14.7. The van der Waals surface area contributed by atoms with Crippen molar-refractivity contribution in [1.82, 2.24) is 4.98 Å². The van der Waals surface area contributed by atoms with Gasteiger partial charge < -0.3 is 5.11 Å². The monoisotopic (exact) mass is 347 g/mol. The van der Waals surface area contributed by atoms with Gasteiger partial charge in [-0.15, -0.1) is 12.1 Å². The Bertz CT molecular complexity index is 404. The van der Waals surface area contributed by atoms with Gasteiger partial charge >= 0.3 is 0 Å². The minimum Gasteiger partial charge on any atom is -0.534 e. The van der Waals surface area contributed by atoms with Gasteiger partial charge in [0, 0.05) is 50.3 Å². The molecule has 1 radical (unpaired) electrons. The minimum absolute atomic E-state index is 0. The molecule has 0 bridgehead atoms. The fraction of sp³-hybridized carbons (Fsp3) is 0.353. The number of phenols is 1. The first-order valence-corrected chi connectivity index (χ1v) is 6.74. The van der Waals surface area contributed by atoms with Crippen LogP contribution in [0.1, 0.15) is 33.4 Å². The van der Waals surface area contributed by atoms with Gasteiger partial charge in [-0.05, 0) is 24.5 Å². The van der Waals surface area contributed by atoms with E-state index in [2.05, 4.69) is 31.0 Å². The zero-order chi connectivity index (χ0) is 14.5. The van der Waals surface area contributed by atoms with Crippen LogP contribution in [0.2, 0.25) is 0 Å². The summed E-state index contributed by atoms with van der Waals surface area (Å²) in [7, 11) is 0. The molecule has 0 spiro atoms. The Hall–Kier alpha value is -0.726. The molecule has 0 aliphatic rings. The van der Waals surface area contributed by atoms with E-state index in [0.717, 1.165) is 6.42 Å². The number of phenolic OH excluding ortho intramolecular Hbond substituents is 1. The van der Waals surface area contributed by atoms with Crippen LogP contribution in [0.25, 0.3) is 0 Å². The number of rotatable bonds is 2. The molecule has 0 saturated carbocycles.